The number of fused-ring (bicyclic) bond motifs is 1. The molecule has 4 heterocycles. The molecule has 102 heavy (non-hydrogen) atoms. The number of hydrogen-bond donors (Lipinski definition) is 9. The van der Waals surface area contributed by atoms with Gasteiger partial charge < -0.3 is 76.1 Å². The number of rotatable bonds is 24. The van der Waals surface area contributed by atoms with Gasteiger partial charge in [-0.1, -0.05) is 74.2 Å². The molecular formula is C66H94B3Cl3N12O18. The van der Waals surface area contributed by atoms with E-state index in [1.165, 1.54) is 28.7 Å². The van der Waals surface area contributed by atoms with E-state index in [9.17, 15) is 53.3 Å². The van der Waals surface area contributed by atoms with Crippen LogP contribution in [0.3, 0.4) is 0 Å². The third kappa shape index (κ3) is 29.2. The van der Waals surface area contributed by atoms with Gasteiger partial charge in [0.15, 0.2) is 11.6 Å². The number of ether oxygens (including phenoxy) is 3. The maximum atomic E-state index is 13.7. The number of aliphatic carboxylic acids is 1. The fourth-order valence-electron chi connectivity index (χ4n) is 11.3. The molecule has 0 spiro atoms. The number of methoxy groups -OCH3 is 1. The molecule has 6 atom stereocenters. The summed E-state index contributed by atoms with van der Waals surface area (Å²) in [5, 5.41) is 53.2. The van der Waals surface area contributed by atoms with Crippen LogP contribution in [0.25, 0.3) is 0 Å². The van der Waals surface area contributed by atoms with Crippen molar-refractivity contribution in [2.45, 2.75) is 188 Å². The van der Waals surface area contributed by atoms with Crippen LogP contribution in [0.1, 0.15) is 158 Å². The standard InChI is InChI=1S/C37H54BN5O9.C17H20BN5O6.C6H9NO.C3H5N.C3H6O2.BCl3/c1-34(2,3)49-32(46)27-13-11-12-22(31(27)48-10)14-24(38-51-29-16-23-15-28(36(23,7)8)37(29,9)52-38)17-26(44)21-43-20-25(41-42-43)18-39-30(45)19-40-33(47)50-35(4,5)6;19-6-15(25)20-7-12-8-23(22-21-12)9-13(24)5-11-4-10-2-1-3-14(17(26)27)16(10)29-18(11)28;1-3-5-7-6(8)4-2;1-2-3-4;1-2-3(4)5;2-1(3)4/h11-13,20,23-24,28-29H,14-19,21H2,1-10H3,(H,39,45)(H,40,47);1-3,8,11,28H,4-7,9,19H2,(H,20,25)(H,26,27);1H,4-5H2,2H3,(H,7,8);1H,3-4H2;2H2,1H3,(H,4,5);/t23-,24+,28-,29+,37-;11-;;;;/m01..../s1. The first-order valence-electron chi connectivity index (χ1n) is 32.7. The number of ketones is 2. The van der Waals surface area contributed by atoms with Crippen LogP contribution in [-0.4, -0.2) is 174 Å². The lowest BCUT2D eigenvalue weighted by Crippen LogP contribution is -2.65. The third-order valence-corrected chi connectivity index (χ3v) is 16.1. The Balaban J connectivity index is 0.000000448. The molecule has 0 radical (unpaired) electrons. The predicted molar refractivity (Wildman–Crippen MR) is 383 cm³/mol. The van der Waals surface area contributed by atoms with Crippen LogP contribution in [0.4, 0.5) is 4.79 Å². The van der Waals surface area contributed by atoms with Gasteiger partial charge in [0.2, 0.25) is 17.7 Å². The van der Waals surface area contributed by atoms with E-state index >= 15 is 0 Å². The summed E-state index contributed by atoms with van der Waals surface area (Å²) in [6.45, 7) is 21.2. The number of aromatic nitrogens is 6. The average Bonchev–Trinajstić information content (AvgIpc) is 1.40. The van der Waals surface area contributed by atoms with Gasteiger partial charge in [0.1, 0.15) is 59.3 Å². The quantitative estimate of drug-likeness (QED) is 0.0235. The van der Waals surface area contributed by atoms with Crippen molar-refractivity contribution in [1.82, 2.24) is 51.3 Å². The molecule has 4 fully saturated rings. The Bertz CT molecular complexity index is 3570. The molecule has 2 aromatic heterocycles. The molecule has 2 aromatic carbocycles. The van der Waals surface area contributed by atoms with Crippen LogP contribution in [0, 0.1) is 41.9 Å². The maximum absolute atomic E-state index is 13.7. The van der Waals surface area contributed by atoms with Gasteiger partial charge in [-0.3, -0.25) is 28.8 Å². The molecule has 36 heteroatoms. The zero-order valence-corrected chi connectivity index (χ0v) is 61.9. The number of para-hydroxylation sites is 2. The molecule has 4 amide bonds. The van der Waals surface area contributed by atoms with Gasteiger partial charge in [0.25, 0.3) is 0 Å². The second kappa shape index (κ2) is 41.7. The molecule has 1 saturated heterocycles. The van der Waals surface area contributed by atoms with Crippen molar-refractivity contribution in [3.8, 4) is 36.2 Å². The number of nitrogens with two attached hydrogens (primary N) is 2. The van der Waals surface area contributed by atoms with E-state index in [1.54, 1.807) is 65.1 Å². The first-order chi connectivity index (χ1) is 47.8. The van der Waals surface area contributed by atoms with Crippen LogP contribution in [0.5, 0.6) is 11.5 Å². The van der Waals surface area contributed by atoms with E-state index in [-0.39, 0.29) is 105 Å². The van der Waals surface area contributed by atoms with Crippen LogP contribution in [0.2, 0.25) is 11.6 Å². The lowest BCUT2D eigenvalue weighted by molar-refractivity contribution is -0.199. The van der Waals surface area contributed by atoms with E-state index < -0.39 is 77.5 Å². The Morgan fingerprint density at radius 2 is 1.35 bits per heavy atom. The SMILES string of the molecule is C#CCN.C#CCNC(=O)CC.CCC(=O)O.COc1c(C[C@H](CC(=O)Cn2cc(CNC(=O)CNC(=O)OC(C)(C)C)nn2)B2O[C@@H]3C[C@@H]4C[C@@H](C4(C)C)[C@]3(C)O2)cccc1C(=O)OC(C)(C)C.ClB(Cl)Cl.NCC(=O)NCc1cn(CC(=O)C[C@H]2Cc3cccc(C(=O)O)c3OB2O)nn1. The Hall–Kier alpha value is -8.27. The first-order valence-corrected chi connectivity index (χ1v) is 34.0. The van der Waals surface area contributed by atoms with Crippen molar-refractivity contribution in [2.24, 2.45) is 28.7 Å². The minimum Gasteiger partial charge on any atom is -0.535 e. The van der Waals surface area contributed by atoms with Gasteiger partial charge in [-0.05, 0) is 115 Å². The number of carboxylic acid groups (broad SMARTS) is 2. The minimum atomic E-state index is -1.29. The Kier molecular flexibility index (Phi) is 36.0. The number of nitrogens with one attached hydrogen (secondary N) is 4. The fourth-order valence-corrected chi connectivity index (χ4v) is 11.3. The highest BCUT2D eigenvalue weighted by Crippen LogP contribution is 2.66. The number of hydrogen-bond acceptors (Lipinski definition) is 22. The molecule has 30 nitrogen and oxygen atoms in total. The zero-order valence-electron chi connectivity index (χ0n) is 59.6. The summed E-state index contributed by atoms with van der Waals surface area (Å²) < 4.78 is 38.3. The lowest BCUT2D eigenvalue weighted by Gasteiger charge is -2.64. The number of amides is 4. The summed E-state index contributed by atoms with van der Waals surface area (Å²) in [7, 11) is -0.424. The summed E-state index contributed by atoms with van der Waals surface area (Å²) in [4.78, 5) is 105. The number of nitrogens with zero attached hydrogens (tertiary/aromatic N) is 6. The molecule has 0 unspecified atom stereocenters. The Morgan fingerprint density at radius 3 is 1.86 bits per heavy atom. The molecular weight excluding hydrogens is 1390 g/mol. The number of benzene rings is 2. The summed E-state index contributed by atoms with van der Waals surface area (Å²) in [6.07, 6.45) is 15.4. The molecule has 2 bridgehead atoms. The number of Topliss-reactive ketones (excluding diaryl/α,β-unsaturated/α-hetero) is 2. The van der Waals surface area contributed by atoms with Crippen molar-refractivity contribution in [2.75, 3.05) is 33.3 Å². The third-order valence-electron chi connectivity index (χ3n) is 16.1. The fraction of sp³-hybridized carbons (Fsp3) is 0.561. The van der Waals surface area contributed by atoms with E-state index in [1.807, 2.05) is 26.8 Å². The van der Waals surface area contributed by atoms with E-state index in [0.29, 0.717) is 72.5 Å². The largest absolute Gasteiger partial charge is 0.535 e. The maximum Gasteiger partial charge on any atom is 0.526 e. The summed E-state index contributed by atoms with van der Waals surface area (Å²) in [5.41, 5.74) is 10.9. The van der Waals surface area contributed by atoms with Gasteiger partial charge in [-0.15, -0.1) is 23.0 Å². The zero-order chi connectivity index (χ0) is 76.9. The minimum absolute atomic E-state index is 0.00273. The van der Waals surface area contributed by atoms with Crippen molar-refractivity contribution in [3.05, 3.63) is 82.4 Å². The lowest BCUT2D eigenvalue weighted by atomic mass is 9.43. The highest BCUT2D eigenvalue weighted by atomic mass is 35.6. The second-order valence-electron chi connectivity index (χ2n) is 26.5. The highest BCUT2D eigenvalue weighted by molar-refractivity contribution is 7.54. The summed E-state index contributed by atoms with van der Waals surface area (Å²) in [5.74, 6) is 1.58. The van der Waals surface area contributed by atoms with E-state index in [2.05, 4.69) is 80.9 Å². The van der Waals surface area contributed by atoms with E-state index in [0.717, 1.165) is 18.4 Å². The monoisotopic (exact) mass is 1480 g/mol. The first kappa shape index (κ1) is 88.0. The van der Waals surface area contributed by atoms with E-state index in [4.69, 9.17) is 85.6 Å². The van der Waals surface area contributed by atoms with Gasteiger partial charge in [-0.25, -0.2) is 23.7 Å². The molecule has 4 aromatic rings. The number of esters is 1. The molecule has 2 aliphatic heterocycles. The van der Waals surface area contributed by atoms with Crippen LogP contribution < -0.4 is 42.1 Å². The van der Waals surface area contributed by atoms with Crippen molar-refractivity contribution >= 4 is 107 Å². The number of carboxylic acids is 2. The number of terminal acetylenes is 2. The normalized spacial score (nSPS) is 18.0. The molecule has 9 rings (SSSR count). The smallest absolute Gasteiger partial charge is 0.526 e. The number of carbonyl (C=O) groups is 9. The molecule has 556 valence electrons. The topological polar surface area (TPSA) is 431 Å². The summed E-state index contributed by atoms with van der Waals surface area (Å²) >= 11 is 14.4. The van der Waals surface area contributed by atoms with Gasteiger partial charge >= 0.3 is 43.2 Å². The van der Waals surface area contributed by atoms with Crippen molar-refractivity contribution in [3.63, 3.8) is 0 Å². The molecule has 3 aliphatic carbocycles. The second-order valence-corrected chi connectivity index (χ2v) is 28.5. The van der Waals surface area contributed by atoms with Crippen LogP contribution >= 0.6 is 34.4 Å². The van der Waals surface area contributed by atoms with Gasteiger partial charge in [0, 0.05) is 37.3 Å². The van der Waals surface area contributed by atoms with Crippen LogP contribution in [0.15, 0.2) is 48.8 Å². The molecule has 3 saturated carbocycles. The number of alkyl carbamates (subject to hydrolysis) is 1. The van der Waals surface area contributed by atoms with Crippen molar-refractivity contribution in [1.29, 1.82) is 0 Å². The average molecular weight is 1480 g/mol. The molecule has 11 N–H and O–H groups in total. The number of carbonyl (C=O) groups excluding carboxylic acids is 7. The number of aromatic carboxylic acids is 1. The number of halogens is 3. The van der Waals surface area contributed by atoms with Crippen LogP contribution in [-0.2, 0) is 86.6 Å². The molecule has 5 aliphatic rings. The van der Waals surface area contributed by atoms with Crippen molar-refractivity contribution < 1.29 is 86.6 Å². The highest BCUT2D eigenvalue weighted by Gasteiger charge is 2.68. The van der Waals surface area contributed by atoms with Gasteiger partial charge in [0.05, 0.1) is 69.5 Å². The Labute approximate surface area is 610 Å². The Morgan fingerprint density at radius 1 is 0.794 bits per heavy atom. The van der Waals surface area contributed by atoms with Gasteiger partial charge in [-0.2, -0.15) is 34.4 Å². The summed E-state index contributed by atoms with van der Waals surface area (Å²) in [6, 6.07) is 10.1. The predicted octanol–water partition coefficient (Wildman–Crippen LogP) is 5.57.